The summed E-state index contributed by atoms with van der Waals surface area (Å²) in [6.07, 6.45) is 0.350. The summed E-state index contributed by atoms with van der Waals surface area (Å²) in [5.74, 6) is -0.918. The van der Waals surface area contributed by atoms with Gasteiger partial charge in [0, 0.05) is 18.5 Å². The van der Waals surface area contributed by atoms with Crippen molar-refractivity contribution >= 4 is 17.7 Å². The van der Waals surface area contributed by atoms with Crippen LogP contribution in [0, 0.1) is 0 Å². The number of rotatable bonds is 6. The van der Waals surface area contributed by atoms with E-state index in [1.165, 1.54) is 0 Å². The van der Waals surface area contributed by atoms with E-state index in [4.69, 9.17) is 0 Å². The Bertz CT molecular complexity index is 687. The van der Waals surface area contributed by atoms with Gasteiger partial charge in [-0.2, -0.15) is 0 Å². The third-order valence-electron chi connectivity index (χ3n) is 3.23. The van der Waals surface area contributed by atoms with Gasteiger partial charge in [-0.15, -0.1) is 0 Å². The minimum Gasteiger partial charge on any atom is -0.355 e. The van der Waals surface area contributed by atoms with Crippen molar-refractivity contribution in [1.29, 1.82) is 0 Å². The third kappa shape index (κ3) is 5.92. The summed E-state index contributed by atoms with van der Waals surface area (Å²) >= 11 is 0. The Morgan fingerprint density at radius 2 is 1.38 bits per heavy atom. The van der Waals surface area contributed by atoms with Crippen molar-refractivity contribution in [1.82, 2.24) is 16.2 Å². The fourth-order valence-corrected chi connectivity index (χ4v) is 2.01. The van der Waals surface area contributed by atoms with Gasteiger partial charge in [0.2, 0.25) is 11.8 Å². The van der Waals surface area contributed by atoms with Crippen LogP contribution < -0.4 is 16.2 Å². The van der Waals surface area contributed by atoms with Gasteiger partial charge in [-0.3, -0.25) is 25.2 Å². The summed E-state index contributed by atoms with van der Waals surface area (Å²) < 4.78 is 0. The molecular formula is C18H19N3O3. The van der Waals surface area contributed by atoms with Crippen LogP contribution in [-0.4, -0.2) is 24.3 Å². The minimum atomic E-state index is -0.392. The monoisotopic (exact) mass is 325 g/mol. The Hall–Kier alpha value is -3.15. The molecule has 2 aromatic carbocycles. The van der Waals surface area contributed by atoms with Crippen molar-refractivity contribution in [3.8, 4) is 0 Å². The maximum atomic E-state index is 11.7. The Morgan fingerprint density at radius 1 is 0.750 bits per heavy atom. The van der Waals surface area contributed by atoms with Gasteiger partial charge in [-0.25, -0.2) is 0 Å². The molecule has 2 aromatic rings. The first-order valence-corrected chi connectivity index (χ1v) is 7.60. The third-order valence-corrected chi connectivity index (χ3v) is 3.23. The lowest BCUT2D eigenvalue weighted by Crippen LogP contribution is -2.42. The van der Waals surface area contributed by atoms with Crippen LogP contribution in [-0.2, 0) is 16.0 Å². The summed E-state index contributed by atoms with van der Waals surface area (Å²) in [5, 5.41) is 2.67. The van der Waals surface area contributed by atoms with Crippen molar-refractivity contribution in [2.24, 2.45) is 0 Å². The summed E-state index contributed by atoms with van der Waals surface area (Å²) in [6, 6.07) is 17.9. The molecule has 0 bridgehead atoms. The topological polar surface area (TPSA) is 87.3 Å². The molecule has 0 saturated heterocycles. The zero-order valence-electron chi connectivity index (χ0n) is 13.1. The number of hydrogen-bond donors (Lipinski definition) is 3. The molecule has 6 nitrogen and oxygen atoms in total. The van der Waals surface area contributed by atoms with Gasteiger partial charge in [0.15, 0.2) is 0 Å². The van der Waals surface area contributed by atoms with Crippen LogP contribution in [0.25, 0.3) is 0 Å². The molecule has 0 unspecified atom stereocenters. The molecule has 3 N–H and O–H groups in total. The van der Waals surface area contributed by atoms with Gasteiger partial charge in [0.1, 0.15) is 0 Å². The molecule has 0 aliphatic rings. The first-order chi connectivity index (χ1) is 11.6. The lowest BCUT2D eigenvalue weighted by molar-refractivity contribution is -0.122. The number of amides is 3. The lowest BCUT2D eigenvalue weighted by atomic mass is 10.1. The number of carbonyl (C=O) groups excluding carboxylic acids is 3. The van der Waals surface area contributed by atoms with Crippen molar-refractivity contribution in [2.75, 3.05) is 6.54 Å². The van der Waals surface area contributed by atoms with E-state index in [1.54, 1.807) is 30.3 Å². The average Bonchev–Trinajstić information content (AvgIpc) is 2.61. The highest BCUT2D eigenvalue weighted by Crippen LogP contribution is 1.99. The SMILES string of the molecule is O=C(Cc1ccccc1)NCCC(=O)NNC(=O)c1ccccc1. The van der Waals surface area contributed by atoms with Gasteiger partial charge < -0.3 is 5.32 Å². The zero-order valence-corrected chi connectivity index (χ0v) is 13.1. The van der Waals surface area contributed by atoms with Crippen molar-refractivity contribution in [3.63, 3.8) is 0 Å². The zero-order chi connectivity index (χ0) is 17.2. The van der Waals surface area contributed by atoms with Crippen LogP contribution in [0.15, 0.2) is 60.7 Å². The number of hydrazine groups is 1. The predicted octanol–water partition coefficient (Wildman–Crippen LogP) is 1.20. The van der Waals surface area contributed by atoms with Crippen LogP contribution in [0.2, 0.25) is 0 Å². The molecule has 24 heavy (non-hydrogen) atoms. The minimum absolute atomic E-state index is 0.0790. The molecule has 3 amide bonds. The standard InChI is InChI=1S/C18H19N3O3/c22-16(20-21-18(24)15-9-5-2-6-10-15)11-12-19-17(23)13-14-7-3-1-4-8-14/h1-10H,11-13H2,(H,19,23)(H,20,22)(H,21,24). The first kappa shape index (κ1) is 17.2. The quantitative estimate of drug-likeness (QED) is 0.697. The number of benzene rings is 2. The second-order valence-corrected chi connectivity index (χ2v) is 5.13. The second-order valence-electron chi connectivity index (χ2n) is 5.13. The van der Waals surface area contributed by atoms with Crippen molar-refractivity contribution in [3.05, 3.63) is 71.8 Å². The van der Waals surface area contributed by atoms with E-state index in [9.17, 15) is 14.4 Å². The number of hydrogen-bond acceptors (Lipinski definition) is 3. The van der Waals surface area contributed by atoms with Gasteiger partial charge >= 0.3 is 0 Å². The predicted molar refractivity (Wildman–Crippen MR) is 89.8 cm³/mol. The Balaban J connectivity index is 1.63. The molecule has 124 valence electrons. The first-order valence-electron chi connectivity index (χ1n) is 7.60. The normalized spacial score (nSPS) is 9.83. The highest BCUT2D eigenvalue weighted by atomic mass is 16.2. The lowest BCUT2D eigenvalue weighted by Gasteiger charge is -2.08. The molecule has 6 heteroatoms. The van der Waals surface area contributed by atoms with E-state index in [-0.39, 0.29) is 31.2 Å². The highest BCUT2D eigenvalue weighted by Gasteiger charge is 2.07. The Morgan fingerprint density at radius 3 is 2.04 bits per heavy atom. The van der Waals surface area contributed by atoms with Crippen LogP contribution in [0.3, 0.4) is 0 Å². The molecule has 0 saturated carbocycles. The van der Waals surface area contributed by atoms with E-state index in [0.29, 0.717) is 5.56 Å². The van der Waals surface area contributed by atoms with Gasteiger partial charge in [-0.1, -0.05) is 48.5 Å². The second kappa shape index (κ2) is 9.09. The molecule has 2 rings (SSSR count). The molecule has 0 aliphatic heterocycles. The molecule has 0 spiro atoms. The largest absolute Gasteiger partial charge is 0.355 e. The molecule has 0 heterocycles. The van der Waals surface area contributed by atoms with E-state index in [1.807, 2.05) is 30.3 Å². The molecule has 0 atom stereocenters. The number of carbonyl (C=O) groups is 3. The van der Waals surface area contributed by atoms with Crippen LogP contribution >= 0.6 is 0 Å². The summed E-state index contributed by atoms with van der Waals surface area (Å²) in [7, 11) is 0. The summed E-state index contributed by atoms with van der Waals surface area (Å²) in [4.78, 5) is 35.1. The molecule has 0 aliphatic carbocycles. The molecular weight excluding hydrogens is 306 g/mol. The van der Waals surface area contributed by atoms with E-state index >= 15 is 0 Å². The number of nitrogens with one attached hydrogen (secondary N) is 3. The average molecular weight is 325 g/mol. The molecule has 0 aromatic heterocycles. The van der Waals surface area contributed by atoms with E-state index in [2.05, 4.69) is 16.2 Å². The highest BCUT2D eigenvalue weighted by molar-refractivity contribution is 5.95. The van der Waals surface area contributed by atoms with Crippen LogP contribution in [0.1, 0.15) is 22.3 Å². The van der Waals surface area contributed by atoms with Gasteiger partial charge in [0.25, 0.3) is 5.91 Å². The summed E-state index contributed by atoms with van der Waals surface area (Å²) in [6.45, 7) is 0.207. The smallest absolute Gasteiger partial charge is 0.269 e. The fourth-order valence-electron chi connectivity index (χ4n) is 2.01. The van der Waals surface area contributed by atoms with E-state index < -0.39 is 5.91 Å². The molecule has 0 radical (unpaired) electrons. The summed E-state index contributed by atoms with van der Waals surface area (Å²) in [5.41, 5.74) is 6.00. The van der Waals surface area contributed by atoms with Crippen LogP contribution in [0.4, 0.5) is 0 Å². The van der Waals surface area contributed by atoms with Gasteiger partial charge in [-0.05, 0) is 17.7 Å². The maximum Gasteiger partial charge on any atom is 0.269 e. The Kier molecular flexibility index (Phi) is 6.52. The molecule has 0 fully saturated rings. The maximum absolute atomic E-state index is 11.7. The fraction of sp³-hybridized carbons (Fsp3) is 0.167. The van der Waals surface area contributed by atoms with Gasteiger partial charge in [0.05, 0.1) is 6.42 Å². The van der Waals surface area contributed by atoms with E-state index in [0.717, 1.165) is 5.56 Å². The van der Waals surface area contributed by atoms with Crippen molar-refractivity contribution < 1.29 is 14.4 Å². The van der Waals surface area contributed by atoms with Crippen LogP contribution in [0.5, 0.6) is 0 Å². The van der Waals surface area contributed by atoms with Crippen molar-refractivity contribution in [2.45, 2.75) is 12.8 Å². The Labute approximate surface area is 140 Å².